The van der Waals surface area contributed by atoms with Gasteiger partial charge in [0.15, 0.2) is 11.5 Å². The van der Waals surface area contributed by atoms with Crippen LogP contribution in [0.4, 0.5) is 0 Å². The highest BCUT2D eigenvalue weighted by molar-refractivity contribution is 5.69. The Morgan fingerprint density at radius 3 is 2.21 bits per heavy atom. The Morgan fingerprint density at radius 1 is 1.00 bits per heavy atom. The van der Waals surface area contributed by atoms with Gasteiger partial charge < -0.3 is 19.3 Å². The first-order chi connectivity index (χ1) is 13.7. The molecule has 5 nitrogen and oxygen atoms in total. The van der Waals surface area contributed by atoms with Crippen molar-refractivity contribution in [3.8, 4) is 17.2 Å². The molecule has 0 saturated heterocycles. The fraction of sp³-hybridized carbons (Fsp3) is 0.391. The summed E-state index contributed by atoms with van der Waals surface area (Å²) in [6.45, 7) is 0. The third-order valence-electron chi connectivity index (χ3n) is 4.99. The van der Waals surface area contributed by atoms with Gasteiger partial charge in [0.1, 0.15) is 6.10 Å². The number of aromatic nitrogens is 1. The third kappa shape index (κ3) is 4.38. The van der Waals surface area contributed by atoms with Crippen LogP contribution in [-0.4, -0.2) is 31.4 Å². The Labute approximate surface area is 166 Å². The van der Waals surface area contributed by atoms with Crippen LogP contribution in [0.3, 0.4) is 0 Å². The van der Waals surface area contributed by atoms with Crippen LogP contribution in [-0.2, 0) is 0 Å². The van der Waals surface area contributed by atoms with Gasteiger partial charge in [0, 0.05) is 6.20 Å². The summed E-state index contributed by atoms with van der Waals surface area (Å²) >= 11 is 0. The number of pyridine rings is 1. The van der Waals surface area contributed by atoms with E-state index in [1.807, 2.05) is 18.2 Å². The highest BCUT2D eigenvalue weighted by Gasteiger charge is 2.22. The summed E-state index contributed by atoms with van der Waals surface area (Å²) in [7, 11) is 4.68. The summed E-state index contributed by atoms with van der Waals surface area (Å²) in [5.74, 6) is 1.50. The molecule has 1 heterocycles. The van der Waals surface area contributed by atoms with Gasteiger partial charge in [-0.2, -0.15) is 0 Å². The van der Waals surface area contributed by atoms with Crippen LogP contribution in [0.1, 0.15) is 49.5 Å². The summed E-state index contributed by atoms with van der Waals surface area (Å²) in [5.41, 5.74) is 6.72. The predicted molar refractivity (Wildman–Crippen MR) is 109 cm³/mol. The molecule has 1 N–H and O–H groups in total. The van der Waals surface area contributed by atoms with Crippen molar-refractivity contribution in [2.24, 2.45) is 0 Å². The lowest BCUT2D eigenvalue weighted by molar-refractivity contribution is 0.235. The van der Waals surface area contributed by atoms with Gasteiger partial charge in [0.25, 0.3) is 0 Å². The van der Waals surface area contributed by atoms with Crippen LogP contribution < -0.4 is 14.2 Å². The zero-order valence-corrected chi connectivity index (χ0v) is 16.7. The van der Waals surface area contributed by atoms with Crippen molar-refractivity contribution in [3.05, 3.63) is 59.1 Å². The molecule has 0 aliphatic heterocycles. The Kier molecular flexibility index (Phi) is 6.75. The number of rotatable bonds is 6. The lowest BCUT2D eigenvalue weighted by Crippen LogP contribution is -2.05. The fourth-order valence-electron chi connectivity index (χ4n) is 3.51. The molecule has 0 radical (unpaired) electrons. The van der Waals surface area contributed by atoms with E-state index in [-0.39, 0.29) is 0 Å². The second-order valence-electron chi connectivity index (χ2n) is 6.78. The van der Waals surface area contributed by atoms with E-state index in [1.165, 1.54) is 12.0 Å². The van der Waals surface area contributed by atoms with Gasteiger partial charge in [0.05, 0.1) is 32.6 Å². The first-order valence-electron chi connectivity index (χ1n) is 9.55. The summed E-state index contributed by atoms with van der Waals surface area (Å²) in [6, 6.07) is 9.20. The topological polar surface area (TPSA) is 60.8 Å². The van der Waals surface area contributed by atoms with E-state index >= 15 is 0 Å². The number of benzene rings is 1. The Hall–Kier alpha value is -2.75. The fourth-order valence-corrected chi connectivity index (χ4v) is 3.51. The van der Waals surface area contributed by atoms with Gasteiger partial charge in [0.2, 0.25) is 5.75 Å². The minimum atomic E-state index is -0.918. The second-order valence-corrected chi connectivity index (χ2v) is 6.78. The molecule has 1 aromatic heterocycles. The number of hydrogen-bond donors (Lipinski definition) is 1. The van der Waals surface area contributed by atoms with Gasteiger partial charge in [-0.3, -0.25) is 4.98 Å². The average molecular weight is 381 g/mol. The lowest BCUT2D eigenvalue weighted by atomic mass is 9.92. The second kappa shape index (κ2) is 9.45. The summed E-state index contributed by atoms with van der Waals surface area (Å²) in [4.78, 5) is 4.45. The zero-order chi connectivity index (χ0) is 19.9. The van der Waals surface area contributed by atoms with Crippen LogP contribution >= 0.6 is 0 Å². The number of aliphatic hydroxyl groups excluding tert-OH is 1. The largest absolute Gasteiger partial charge is 0.493 e. The van der Waals surface area contributed by atoms with Crippen molar-refractivity contribution in [3.63, 3.8) is 0 Å². The van der Waals surface area contributed by atoms with Crippen LogP contribution in [0.25, 0.3) is 5.57 Å². The normalized spacial score (nSPS) is 14.8. The molecule has 1 aliphatic carbocycles. The van der Waals surface area contributed by atoms with Crippen molar-refractivity contribution in [1.29, 1.82) is 0 Å². The van der Waals surface area contributed by atoms with Crippen LogP contribution in [0.2, 0.25) is 0 Å². The van der Waals surface area contributed by atoms with E-state index in [4.69, 9.17) is 14.2 Å². The van der Waals surface area contributed by atoms with E-state index in [9.17, 15) is 5.11 Å². The molecular formula is C23H27NO4. The first-order valence-corrected chi connectivity index (χ1v) is 9.55. The predicted octanol–water partition coefficient (Wildman–Crippen LogP) is 4.71. The van der Waals surface area contributed by atoms with Crippen molar-refractivity contribution < 1.29 is 19.3 Å². The number of aliphatic hydroxyl groups is 1. The molecule has 1 aromatic carbocycles. The maximum absolute atomic E-state index is 11.3. The maximum Gasteiger partial charge on any atom is 0.203 e. The van der Waals surface area contributed by atoms with Crippen LogP contribution in [0, 0.1) is 0 Å². The van der Waals surface area contributed by atoms with Crippen LogP contribution in [0.15, 0.2) is 47.8 Å². The van der Waals surface area contributed by atoms with E-state index < -0.39 is 6.10 Å². The van der Waals surface area contributed by atoms with Crippen molar-refractivity contribution in [1.82, 2.24) is 4.98 Å². The van der Waals surface area contributed by atoms with Gasteiger partial charge >= 0.3 is 0 Å². The highest BCUT2D eigenvalue weighted by atomic mass is 16.5. The van der Waals surface area contributed by atoms with Crippen molar-refractivity contribution in [2.45, 2.75) is 38.2 Å². The Morgan fingerprint density at radius 2 is 1.68 bits per heavy atom. The number of ether oxygens (including phenoxy) is 3. The molecule has 1 atom stereocenters. The minimum Gasteiger partial charge on any atom is -0.493 e. The monoisotopic (exact) mass is 381 g/mol. The number of methoxy groups -OCH3 is 3. The quantitative estimate of drug-likeness (QED) is 0.734. The van der Waals surface area contributed by atoms with Gasteiger partial charge in [-0.05, 0) is 61.1 Å². The van der Waals surface area contributed by atoms with Gasteiger partial charge in [-0.25, -0.2) is 0 Å². The maximum atomic E-state index is 11.3. The minimum absolute atomic E-state index is 0.495. The first kappa shape index (κ1) is 20.0. The SMILES string of the molecule is COc1cc(C(O)C(=C=C2CCCCC2)c2ccccn2)cc(OC)c1OC. The summed E-state index contributed by atoms with van der Waals surface area (Å²) < 4.78 is 16.3. The van der Waals surface area contributed by atoms with Gasteiger partial charge in [-0.15, -0.1) is 5.73 Å². The molecular weight excluding hydrogens is 354 g/mol. The standard InChI is InChI=1S/C23H27NO4/c1-26-20-14-17(15-21(27-2)23(20)28-3)22(25)18(19-11-7-8-12-24-19)13-16-9-5-4-6-10-16/h7-8,11-12,14-15,22,25H,4-6,9-10H2,1-3H3. The van der Waals surface area contributed by atoms with E-state index in [0.717, 1.165) is 25.7 Å². The third-order valence-corrected chi connectivity index (χ3v) is 4.99. The van der Waals surface area contributed by atoms with Crippen LogP contribution in [0.5, 0.6) is 17.2 Å². The molecule has 148 valence electrons. The Bertz CT molecular complexity index is 836. The van der Waals surface area contributed by atoms with Crippen molar-refractivity contribution in [2.75, 3.05) is 21.3 Å². The molecule has 3 rings (SSSR count). The van der Waals surface area contributed by atoms with E-state index in [2.05, 4.69) is 10.7 Å². The summed E-state index contributed by atoms with van der Waals surface area (Å²) in [5, 5.41) is 11.3. The average Bonchev–Trinajstić information content (AvgIpc) is 2.77. The highest BCUT2D eigenvalue weighted by Crippen LogP contribution is 2.42. The molecule has 2 aromatic rings. The molecule has 0 bridgehead atoms. The molecule has 1 aliphatic rings. The van der Waals surface area contributed by atoms with E-state index in [0.29, 0.717) is 34.1 Å². The molecule has 28 heavy (non-hydrogen) atoms. The molecule has 5 heteroatoms. The Balaban J connectivity index is 2.12. The molecule has 1 saturated carbocycles. The van der Waals surface area contributed by atoms with Crippen molar-refractivity contribution >= 4 is 5.57 Å². The van der Waals surface area contributed by atoms with Gasteiger partial charge in [-0.1, -0.05) is 12.5 Å². The zero-order valence-electron chi connectivity index (χ0n) is 16.7. The molecule has 1 unspecified atom stereocenters. The molecule has 1 fully saturated rings. The molecule has 0 amide bonds. The van der Waals surface area contributed by atoms with E-state index in [1.54, 1.807) is 39.7 Å². The smallest absolute Gasteiger partial charge is 0.203 e. The molecule has 0 spiro atoms. The number of nitrogens with zero attached hydrogens (tertiary/aromatic N) is 1. The summed E-state index contributed by atoms with van der Waals surface area (Å²) in [6.07, 6.45) is 6.41. The lowest BCUT2D eigenvalue weighted by Gasteiger charge is -2.19. The number of hydrogen-bond acceptors (Lipinski definition) is 5.